The minimum atomic E-state index is -0.0829. The van der Waals surface area contributed by atoms with Gasteiger partial charge in [0.1, 0.15) is 0 Å². The second kappa shape index (κ2) is 6.70. The molecule has 1 atom stereocenters. The van der Waals surface area contributed by atoms with Crippen LogP contribution >= 0.6 is 0 Å². The quantitative estimate of drug-likeness (QED) is 0.672. The van der Waals surface area contributed by atoms with Crippen LogP contribution in [0.25, 0.3) is 0 Å². The fourth-order valence-corrected chi connectivity index (χ4v) is 1.66. The highest BCUT2D eigenvalue weighted by molar-refractivity contribution is 5.75. The Morgan fingerprint density at radius 2 is 2.31 bits per heavy atom. The second-order valence-electron chi connectivity index (χ2n) is 4.16. The zero-order chi connectivity index (χ0) is 12.0. The predicted molar refractivity (Wildman–Crippen MR) is 61.3 cm³/mol. The molecule has 5 nitrogen and oxygen atoms in total. The van der Waals surface area contributed by atoms with Crippen LogP contribution in [-0.2, 0) is 4.74 Å². The molecular weight excluding hydrogens is 208 g/mol. The Labute approximate surface area is 96.8 Å². The number of methoxy groups -OCH3 is 1. The summed E-state index contributed by atoms with van der Waals surface area (Å²) < 4.78 is 5.03. The van der Waals surface area contributed by atoms with E-state index in [1.54, 1.807) is 12.0 Å². The zero-order valence-electron chi connectivity index (χ0n) is 10.1. The molecule has 0 bridgehead atoms. The zero-order valence-corrected chi connectivity index (χ0v) is 10.1. The maximum Gasteiger partial charge on any atom is 0.318 e. The Balaban J connectivity index is 2.40. The molecule has 1 fully saturated rings. The van der Waals surface area contributed by atoms with Crippen molar-refractivity contribution in [3.8, 4) is 0 Å². The van der Waals surface area contributed by atoms with Gasteiger partial charge >= 0.3 is 6.03 Å². The van der Waals surface area contributed by atoms with E-state index in [9.17, 15) is 4.79 Å². The van der Waals surface area contributed by atoms with E-state index in [1.807, 2.05) is 6.92 Å². The van der Waals surface area contributed by atoms with Crippen LogP contribution in [0.4, 0.5) is 4.79 Å². The maximum atomic E-state index is 11.9. The number of nitrogens with one attached hydrogen (secondary N) is 1. The van der Waals surface area contributed by atoms with Crippen molar-refractivity contribution < 1.29 is 14.6 Å². The van der Waals surface area contributed by atoms with Crippen LogP contribution in [0.3, 0.4) is 0 Å². The Morgan fingerprint density at radius 3 is 2.75 bits per heavy atom. The molecule has 1 unspecified atom stereocenters. The first kappa shape index (κ1) is 13.3. The van der Waals surface area contributed by atoms with Crippen LogP contribution < -0.4 is 5.32 Å². The molecule has 0 aromatic carbocycles. The van der Waals surface area contributed by atoms with E-state index in [2.05, 4.69) is 5.32 Å². The lowest BCUT2D eigenvalue weighted by atomic mass is 10.2. The Bertz CT molecular complexity index is 219. The number of hydrogen-bond acceptors (Lipinski definition) is 3. The molecular formula is C11H22N2O3. The molecule has 1 aliphatic rings. The average molecular weight is 230 g/mol. The molecule has 0 spiro atoms. The number of aliphatic hydroxyl groups is 1. The van der Waals surface area contributed by atoms with Crippen LogP contribution in [0.2, 0.25) is 0 Å². The number of carbonyl (C=O) groups excluding carboxylic acids is 1. The van der Waals surface area contributed by atoms with Gasteiger partial charge in [0.15, 0.2) is 0 Å². The van der Waals surface area contributed by atoms with Crippen LogP contribution in [0.1, 0.15) is 26.2 Å². The van der Waals surface area contributed by atoms with E-state index in [4.69, 9.17) is 9.84 Å². The number of urea groups is 1. The summed E-state index contributed by atoms with van der Waals surface area (Å²) >= 11 is 0. The maximum absolute atomic E-state index is 11.9. The van der Waals surface area contributed by atoms with Gasteiger partial charge in [0.2, 0.25) is 0 Å². The third kappa shape index (κ3) is 3.98. The minimum Gasteiger partial charge on any atom is -0.395 e. The van der Waals surface area contributed by atoms with Crippen LogP contribution in [0.15, 0.2) is 0 Å². The molecule has 1 rings (SSSR count). The number of hydrogen-bond donors (Lipinski definition) is 2. The first-order valence-corrected chi connectivity index (χ1v) is 5.89. The summed E-state index contributed by atoms with van der Waals surface area (Å²) in [5, 5.41) is 11.8. The number of ether oxygens (including phenoxy) is 1. The summed E-state index contributed by atoms with van der Waals surface area (Å²) in [4.78, 5) is 13.6. The fourth-order valence-electron chi connectivity index (χ4n) is 1.66. The molecule has 1 aliphatic carbocycles. The lowest BCUT2D eigenvalue weighted by Crippen LogP contribution is -2.48. The number of carbonyl (C=O) groups is 1. The standard InChI is InChI=1S/C11H22N2O3/c1-3-9(8-16-2)12-11(15)13(6-7-14)10-4-5-10/h9-10,14H,3-8H2,1-2H3,(H,12,15). The molecule has 0 aromatic rings. The third-order valence-electron chi connectivity index (χ3n) is 2.78. The summed E-state index contributed by atoms with van der Waals surface area (Å²) in [6, 6.07) is 0.296. The van der Waals surface area contributed by atoms with Crippen molar-refractivity contribution in [1.29, 1.82) is 0 Å². The predicted octanol–water partition coefficient (Wildman–Crippen LogP) is 0.578. The normalized spacial score (nSPS) is 16.9. The molecule has 2 N–H and O–H groups in total. The summed E-state index contributed by atoms with van der Waals surface area (Å²) in [6.07, 6.45) is 2.94. The number of nitrogens with zero attached hydrogens (tertiary/aromatic N) is 1. The van der Waals surface area contributed by atoms with Crippen molar-refractivity contribution in [2.75, 3.05) is 26.9 Å². The van der Waals surface area contributed by atoms with Gasteiger partial charge in [-0.15, -0.1) is 0 Å². The van der Waals surface area contributed by atoms with Gasteiger partial charge in [-0.2, -0.15) is 0 Å². The monoisotopic (exact) mass is 230 g/mol. The van der Waals surface area contributed by atoms with Crippen molar-refractivity contribution in [3.63, 3.8) is 0 Å². The molecule has 5 heteroatoms. The Morgan fingerprint density at radius 1 is 1.62 bits per heavy atom. The third-order valence-corrected chi connectivity index (χ3v) is 2.78. The van der Waals surface area contributed by atoms with Crippen molar-refractivity contribution in [3.05, 3.63) is 0 Å². The highest BCUT2D eigenvalue weighted by Crippen LogP contribution is 2.26. The van der Waals surface area contributed by atoms with E-state index >= 15 is 0 Å². The molecule has 0 aliphatic heterocycles. The smallest absolute Gasteiger partial charge is 0.318 e. The molecule has 16 heavy (non-hydrogen) atoms. The van der Waals surface area contributed by atoms with Gasteiger partial charge in [-0.3, -0.25) is 0 Å². The summed E-state index contributed by atoms with van der Waals surface area (Å²) in [5.41, 5.74) is 0. The van der Waals surface area contributed by atoms with Crippen LogP contribution in [-0.4, -0.2) is 55.0 Å². The van der Waals surface area contributed by atoms with Gasteiger partial charge in [0.05, 0.1) is 19.3 Å². The van der Waals surface area contributed by atoms with Crippen LogP contribution in [0.5, 0.6) is 0 Å². The van der Waals surface area contributed by atoms with Gasteiger partial charge in [-0.25, -0.2) is 4.79 Å². The minimum absolute atomic E-state index is 0.0188. The van der Waals surface area contributed by atoms with Crippen LogP contribution in [0, 0.1) is 0 Å². The Kier molecular flexibility index (Phi) is 5.55. The molecule has 1 saturated carbocycles. The first-order valence-electron chi connectivity index (χ1n) is 5.89. The SMILES string of the molecule is CCC(COC)NC(=O)N(CCO)C1CC1. The van der Waals surface area contributed by atoms with Crippen molar-refractivity contribution >= 4 is 6.03 Å². The topological polar surface area (TPSA) is 61.8 Å². The average Bonchev–Trinajstić information content (AvgIpc) is 3.08. The first-order chi connectivity index (χ1) is 7.72. The second-order valence-corrected chi connectivity index (χ2v) is 4.16. The van der Waals surface area contributed by atoms with Gasteiger partial charge < -0.3 is 20.1 Å². The summed E-state index contributed by atoms with van der Waals surface area (Å²) in [7, 11) is 1.63. The molecule has 0 saturated heterocycles. The van der Waals surface area contributed by atoms with E-state index in [0.717, 1.165) is 19.3 Å². The highest BCUT2D eigenvalue weighted by Gasteiger charge is 2.32. The molecule has 0 radical (unpaired) electrons. The lowest BCUT2D eigenvalue weighted by molar-refractivity contribution is 0.145. The number of aliphatic hydroxyl groups excluding tert-OH is 1. The Hall–Kier alpha value is -0.810. The van der Waals surface area contributed by atoms with Gasteiger partial charge in [-0.05, 0) is 19.3 Å². The lowest BCUT2D eigenvalue weighted by Gasteiger charge is -2.25. The fraction of sp³-hybridized carbons (Fsp3) is 0.909. The van der Waals surface area contributed by atoms with Crippen molar-refractivity contribution in [2.24, 2.45) is 0 Å². The van der Waals surface area contributed by atoms with E-state index in [0.29, 0.717) is 19.2 Å². The number of rotatable bonds is 7. The van der Waals surface area contributed by atoms with Gasteiger partial charge in [0, 0.05) is 19.7 Å². The molecule has 0 heterocycles. The van der Waals surface area contributed by atoms with E-state index in [-0.39, 0.29) is 18.7 Å². The molecule has 94 valence electrons. The van der Waals surface area contributed by atoms with E-state index in [1.165, 1.54) is 0 Å². The van der Waals surface area contributed by atoms with E-state index < -0.39 is 0 Å². The molecule has 2 amide bonds. The van der Waals surface area contributed by atoms with Gasteiger partial charge in [0.25, 0.3) is 0 Å². The van der Waals surface area contributed by atoms with Crippen molar-refractivity contribution in [2.45, 2.75) is 38.3 Å². The molecule has 0 aromatic heterocycles. The number of amides is 2. The summed E-state index contributed by atoms with van der Waals surface area (Å²) in [6.45, 7) is 2.97. The summed E-state index contributed by atoms with van der Waals surface area (Å²) in [5.74, 6) is 0. The van der Waals surface area contributed by atoms with Crippen molar-refractivity contribution in [1.82, 2.24) is 10.2 Å². The largest absolute Gasteiger partial charge is 0.395 e. The van der Waals surface area contributed by atoms with Gasteiger partial charge in [-0.1, -0.05) is 6.92 Å². The highest BCUT2D eigenvalue weighted by atomic mass is 16.5.